The lowest BCUT2D eigenvalue weighted by Gasteiger charge is -2.42. The van der Waals surface area contributed by atoms with E-state index in [1.807, 2.05) is 0 Å². The van der Waals surface area contributed by atoms with Crippen LogP contribution in [0.15, 0.2) is 60.8 Å². The Morgan fingerprint density at radius 2 is 0.783 bits per heavy atom. The zero-order valence-electron chi connectivity index (χ0n) is 52.4. The van der Waals surface area contributed by atoms with E-state index in [0.717, 1.165) is 64.2 Å². The molecule has 14 heteroatoms. The van der Waals surface area contributed by atoms with E-state index in [2.05, 4.69) is 74.6 Å². The molecule has 11 atom stereocenters. The molecule has 0 saturated carbocycles. The molecule has 484 valence electrons. The topological polar surface area (TPSA) is 214 Å². The number of hydrogen-bond donors (Lipinski definition) is 7. The van der Waals surface area contributed by atoms with Crippen LogP contribution in [0, 0.1) is 0 Å². The molecule has 0 aliphatic carbocycles. The van der Waals surface area contributed by atoms with Crippen LogP contribution in [0.3, 0.4) is 0 Å². The highest BCUT2D eigenvalue weighted by Gasteiger charge is 2.47. The van der Waals surface area contributed by atoms with Crippen LogP contribution in [0.1, 0.15) is 271 Å². The smallest absolute Gasteiger partial charge is 0.306 e. The van der Waals surface area contributed by atoms with Gasteiger partial charge in [0.25, 0.3) is 0 Å². The molecule has 14 nitrogen and oxygen atoms in total. The molecule has 0 aromatic rings. The van der Waals surface area contributed by atoms with Crippen LogP contribution in [0.2, 0.25) is 0 Å². The van der Waals surface area contributed by atoms with E-state index in [1.54, 1.807) is 0 Å². The molecule has 7 N–H and O–H groups in total. The van der Waals surface area contributed by atoms with Gasteiger partial charge < -0.3 is 64.2 Å². The van der Waals surface area contributed by atoms with E-state index in [9.17, 15) is 40.5 Å². The maximum Gasteiger partial charge on any atom is 0.306 e. The van der Waals surface area contributed by atoms with Crippen molar-refractivity contribution in [2.75, 3.05) is 33.0 Å². The summed E-state index contributed by atoms with van der Waals surface area (Å²) in [7, 11) is 0. The van der Waals surface area contributed by atoms with E-state index < -0.39 is 80.7 Å². The molecule has 0 spiro atoms. The second kappa shape index (κ2) is 55.0. The first-order chi connectivity index (χ1) is 40.6. The van der Waals surface area contributed by atoms with Crippen molar-refractivity contribution in [3.8, 4) is 0 Å². The van der Waals surface area contributed by atoms with Gasteiger partial charge in [-0.2, -0.15) is 0 Å². The van der Waals surface area contributed by atoms with Gasteiger partial charge in [0.05, 0.1) is 26.4 Å². The first-order valence-corrected chi connectivity index (χ1v) is 33.9. The summed E-state index contributed by atoms with van der Waals surface area (Å²) < 4.78 is 34.5. The number of allylic oxidation sites excluding steroid dienone is 10. The highest BCUT2D eigenvalue weighted by Crippen LogP contribution is 2.27. The third-order valence-corrected chi connectivity index (χ3v) is 16.0. The standard InChI is InChI=1S/C69H124O14/c1-3-5-7-9-11-13-15-17-19-21-23-25-27-28-29-31-33-35-37-39-41-43-45-47-49-51-53-78-55-58(56-79-68-67(77)65(75)63(73)60(83-68)57-80-69-66(76)64(74)62(72)59(54-70)82-69)81-61(71)52-50-48-46-44-42-40-38-36-34-32-30-26-24-22-20-18-16-14-12-10-8-6-4-2/h5,7,11,13,17,19,22-25,58-60,62-70,72-77H,3-4,6,8-10,12,14-16,18,20-21,26-57H2,1-2H3/b7-5-,13-11-,19-17-,24-22-,25-23-. The minimum absolute atomic E-state index is 0.0606. The fourth-order valence-electron chi connectivity index (χ4n) is 10.6. The van der Waals surface area contributed by atoms with Gasteiger partial charge in [0.15, 0.2) is 12.6 Å². The molecule has 11 unspecified atom stereocenters. The van der Waals surface area contributed by atoms with Crippen molar-refractivity contribution in [3.63, 3.8) is 0 Å². The molecule has 0 amide bonds. The van der Waals surface area contributed by atoms with Crippen LogP contribution in [0.5, 0.6) is 0 Å². The Hall–Kier alpha value is -2.31. The van der Waals surface area contributed by atoms with Crippen molar-refractivity contribution in [2.24, 2.45) is 0 Å². The van der Waals surface area contributed by atoms with Crippen molar-refractivity contribution in [3.05, 3.63) is 60.8 Å². The van der Waals surface area contributed by atoms with Crippen molar-refractivity contribution in [1.82, 2.24) is 0 Å². The van der Waals surface area contributed by atoms with Gasteiger partial charge in [-0.25, -0.2) is 0 Å². The monoisotopic (exact) mass is 1180 g/mol. The Labute approximate surface area is 504 Å². The second-order valence-electron chi connectivity index (χ2n) is 23.6. The number of rotatable bonds is 56. The molecule has 0 bridgehead atoms. The summed E-state index contributed by atoms with van der Waals surface area (Å²) in [5, 5.41) is 72.6. The summed E-state index contributed by atoms with van der Waals surface area (Å²) >= 11 is 0. The molecule has 2 aliphatic heterocycles. The number of aliphatic hydroxyl groups excluding tert-OH is 7. The van der Waals surface area contributed by atoms with E-state index in [4.69, 9.17) is 28.4 Å². The number of aliphatic hydroxyl groups is 7. The fraction of sp³-hybridized carbons (Fsp3) is 0.841. The van der Waals surface area contributed by atoms with Crippen LogP contribution in [0.25, 0.3) is 0 Å². The van der Waals surface area contributed by atoms with Gasteiger partial charge in [-0.3, -0.25) is 4.79 Å². The predicted molar refractivity (Wildman–Crippen MR) is 335 cm³/mol. The Balaban J connectivity index is 1.65. The number of ether oxygens (including phenoxy) is 6. The SMILES string of the molecule is CC/C=C\C/C=C\C/C=C\C/C=C\CCCCCCCCCCCCCCCOCC(COC1OC(COC2OC(CO)C(O)C(O)C2O)C(O)C(O)C1O)OC(=O)CCCCCCCCCCCCC/C=C\CCCCCCCCCC. The maximum absolute atomic E-state index is 13.1. The van der Waals surface area contributed by atoms with E-state index >= 15 is 0 Å². The van der Waals surface area contributed by atoms with Crippen LogP contribution in [0.4, 0.5) is 0 Å². The number of carbonyl (C=O) groups excluding carboxylic acids is 1. The summed E-state index contributed by atoms with van der Waals surface area (Å²) in [6.07, 6.45) is 54.3. The van der Waals surface area contributed by atoms with Gasteiger partial charge in [0, 0.05) is 13.0 Å². The van der Waals surface area contributed by atoms with Gasteiger partial charge in [0.2, 0.25) is 0 Å². The Morgan fingerprint density at radius 1 is 0.410 bits per heavy atom. The van der Waals surface area contributed by atoms with Gasteiger partial charge in [-0.15, -0.1) is 0 Å². The molecular weight excluding hydrogens is 1050 g/mol. The summed E-state index contributed by atoms with van der Waals surface area (Å²) in [6, 6.07) is 0. The third kappa shape index (κ3) is 40.7. The molecule has 0 aromatic carbocycles. The van der Waals surface area contributed by atoms with Crippen LogP contribution in [-0.4, -0.2) is 142 Å². The van der Waals surface area contributed by atoms with Crippen LogP contribution >= 0.6 is 0 Å². The molecule has 2 fully saturated rings. The van der Waals surface area contributed by atoms with Crippen LogP contribution in [-0.2, 0) is 33.2 Å². The van der Waals surface area contributed by atoms with Gasteiger partial charge >= 0.3 is 5.97 Å². The number of unbranched alkanes of at least 4 members (excludes halogenated alkanes) is 32. The number of carbonyl (C=O) groups is 1. The molecule has 2 heterocycles. The number of esters is 1. The lowest BCUT2D eigenvalue weighted by atomic mass is 9.98. The van der Waals surface area contributed by atoms with Crippen molar-refractivity contribution in [2.45, 2.75) is 338 Å². The average Bonchev–Trinajstić information content (AvgIpc) is 3.69. The molecule has 2 rings (SSSR count). The van der Waals surface area contributed by atoms with Gasteiger partial charge in [0.1, 0.15) is 54.9 Å². The quantitative estimate of drug-likeness (QED) is 0.0171. The lowest BCUT2D eigenvalue weighted by molar-refractivity contribution is -0.332. The predicted octanol–water partition coefficient (Wildman–Crippen LogP) is 14.0. The Bertz CT molecular complexity index is 1600. The molecule has 0 aromatic heterocycles. The van der Waals surface area contributed by atoms with E-state index in [-0.39, 0.29) is 25.6 Å². The minimum Gasteiger partial charge on any atom is -0.457 e. The molecule has 0 radical (unpaired) electrons. The molecule has 2 saturated heterocycles. The zero-order valence-corrected chi connectivity index (χ0v) is 52.4. The zero-order chi connectivity index (χ0) is 60.1. The first kappa shape index (κ1) is 76.8. The fourth-order valence-corrected chi connectivity index (χ4v) is 10.6. The first-order valence-electron chi connectivity index (χ1n) is 33.9. The second-order valence-corrected chi connectivity index (χ2v) is 23.6. The van der Waals surface area contributed by atoms with Crippen molar-refractivity contribution in [1.29, 1.82) is 0 Å². The number of hydrogen-bond acceptors (Lipinski definition) is 14. The van der Waals surface area contributed by atoms with Gasteiger partial charge in [-0.05, 0) is 77.0 Å². The van der Waals surface area contributed by atoms with Gasteiger partial charge in [-0.1, -0.05) is 248 Å². The van der Waals surface area contributed by atoms with Crippen LogP contribution < -0.4 is 0 Å². The maximum atomic E-state index is 13.1. The normalized spacial score (nSPS) is 23.8. The highest BCUT2D eigenvalue weighted by molar-refractivity contribution is 5.69. The van der Waals surface area contributed by atoms with E-state index in [0.29, 0.717) is 13.0 Å². The summed E-state index contributed by atoms with van der Waals surface area (Å²) in [5.74, 6) is -0.374. The average molecular weight is 1180 g/mol. The molecule has 2 aliphatic rings. The molecular formula is C69H124O14. The summed E-state index contributed by atoms with van der Waals surface area (Å²) in [6.45, 7) is 3.62. The summed E-state index contributed by atoms with van der Waals surface area (Å²) in [4.78, 5) is 13.1. The lowest BCUT2D eigenvalue weighted by Crippen LogP contribution is -2.61. The van der Waals surface area contributed by atoms with Crippen molar-refractivity contribution < 1.29 is 69.0 Å². The molecule has 83 heavy (non-hydrogen) atoms. The largest absolute Gasteiger partial charge is 0.457 e. The minimum atomic E-state index is -1.71. The Morgan fingerprint density at radius 3 is 1.24 bits per heavy atom. The van der Waals surface area contributed by atoms with Crippen molar-refractivity contribution >= 4 is 5.97 Å². The third-order valence-electron chi connectivity index (χ3n) is 16.0. The van der Waals surface area contributed by atoms with E-state index in [1.165, 1.54) is 180 Å². The highest BCUT2D eigenvalue weighted by atomic mass is 16.7. The summed E-state index contributed by atoms with van der Waals surface area (Å²) in [5.41, 5.74) is 0. The Kier molecular flexibility index (Phi) is 50.9.